The van der Waals surface area contributed by atoms with Gasteiger partial charge in [0.05, 0.1) is 13.2 Å². The fraction of sp³-hybridized carbons (Fsp3) is 0.385. The largest absolute Gasteiger partial charge is 0.506 e. The molecule has 20 heavy (non-hydrogen) atoms. The number of nitrogens with zero attached hydrogens (tertiary/aromatic N) is 1. The summed E-state index contributed by atoms with van der Waals surface area (Å²) >= 11 is 4.35. The smallest absolute Gasteiger partial charge is 0.142 e. The SMILES string of the molecule is C=C[C@@H](c1cc(I)c(O)c(I)c1)N1CCNCC1.Cl.Cl. The molecule has 0 aliphatic carbocycles. The van der Waals surface area contributed by atoms with Crippen LogP contribution in [0.3, 0.4) is 0 Å². The third-order valence-electron chi connectivity index (χ3n) is 3.15. The molecule has 114 valence electrons. The molecule has 0 saturated carbocycles. The second-order valence-electron chi connectivity index (χ2n) is 4.30. The van der Waals surface area contributed by atoms with Gasteiger partial charge in [0.1, 0.15) is 5.75 Å². The number of phenolic OH excluding ortho intramolecular Hbond substituents is 1. The van der Waals surface area contributed by atoms with Crippen molar-refractivity contribution >= 4 is 70.0 Å². The summed E-state index contributed by atoms with van der Waals surface area (Å²) in [6, 6.07) is 4.33. The first kappa shape index (κ1) is 20.7. The van der Waals surface area contributed by atoms with Gasteiger partial charge in [0.25, 0.3) is 0 Å². The van der Waals surface area contributed by atoms with Gasteiger partial charge in [-0.2, -0.15) is 0 Å². The number of nitrogens with one attached hydrogen (secondary N) is 1. The zero-order chi connectivity index (χ0) is 13.1. The van der Waals surface area contributed by atoms with Crippen LogP contribution in [0, 0.1) is 7.14 Å². The average Bonchev–Trinajstić information content (AvgIpc) is 2.38. The molecule has 0 aromatic heterocycles. The molecule has 1 aromatic rings. The van der Waals surface area contributed by atoms with Gasteiger partial charge in [-0.15, -0.1) is 31.4 Å². The van der Waals surface area contributed by atoms with Crippen LogP contribution in [0.1, 0.15) is 11.6 Å². The number of halogens is 4. The molecule has 0 bridgehead atoms. The van der Waals surface area contributed by atoms with Crippen LogP contribution in [-0.4, -0.2) is 36.2 Å². The van der Waals surface area contributed by atoms with Crippen molar-refractivity contribution in [2.24, 2.45) is 0 Å². The molecule has 0 amide bonds. The van der Waals surface area contributed by atoms with E-state index >= 15 is 0 Å². The topological polar surface area (TPSA) is 35.5 Å². The molecule has 0 radical (unpaired) electrons. The second kappa shape index (κ2) is 9.68. The van der Waals surface area contributed by atoms with Gasteiger partial charge in [0, 0.05) is 26.2 Å². The first-order valence-corrected chi connectivity index (χ1v) is 8.04. The van der Waals surface area contributed by atoms with Crippen LogP contribution in [0.25, 0.3) is 0 Å². The van der Waals surface area contributed by atoms with Crippen molar-refractivity contribution in [2.45, 2.75) is 6.04 Å². The molecule has 1 fully saturated rings. The monoisotopic (exact) mass is 542 g/mol. The van der Waals surface area contributed by atoms with Gasteiger partial charge in [-0.1, -0.05) is 6.08 Å². The van der Waals surface area contributed by atoms with E-state index in [0.29, 0.717) is 5.75 Å². The van der Waals surface area contributed by atoms with Crippen LogP contribution < -0.4 is 5.32 Å². The third kappa shape index (κ3) is 4.88. The van der Waals surface area contributed by atoms with E-state index in [1.165, 1.54) is 5.56 Å². The van der Waals surface area contributed by atoms with E-state index in [9.17, 15) is 5.11 Å². The summed E-state index contributed by atoms with van der Waals surface area (Å²) in [6.45, 7) is 8.08. The molecular formula is C13H18Cl2I2N2O. The molecule has 1 aliphatic heterocycles. The van der Waals surface area contributed by atoms with Crippen molar-refractivity contribution in [2.75, 3.05) is 26.2 Å². The number of piperazine rings is 1. The van der Waals surface area contributed by atoms with E-state index in [0.717, 1.165) is 33.3 Å². The molecule has 0 spiro atoms. The Bertz CT molecular complexity index is 431. The number of hydrogen-bond acceptors (Lipinski definition) is 3. The normalized spacial score (nSPS) is 16.7. The molecule has 1 heterocycles. The predicted octanol–water partition coefficient (Wildman–Crippen LogP) is 3.58. The Balaban J connectivity index is 0.00000180. The van der Waals surface area contributed by atoms with Crippen molar-refractivity contribution in [1.29, 1.82) is 0 Å². The quantitative estimate of drug-likeness (QED) is 0.453. The minimum absolute atomic E-state index is 0. The molecule has 1 aromatic carbocycles. The summed E-state index contributed by atoms with van der Waals surface area (Å²) in [6.07, 6.45) is 1.99. The Labute approximate surface area is 159 Å². The fourth-order valence-corrected chi connectivity index (χ4v) is 4.03. The van der Waals surface area contributed by atoms with Crippen molar-refractivity contribution in [3.63, 3.8) is 0 Å². The first-order valence-electron chi connectivity index (χ1n) is 5.88. The van der Waals surface area contributed by atoms with Crippen molar-refractivity contribution in [3.05, 3.63) is 37.5 Å². The molecule has 1 saturated heterocycles. The molecule has 1 aliphatic rings. The molecule has 7 heteroatoms. The molecular weight excluding hydrogens is 525 g/mol. The highest BCUT2D eigenvalue weighted by Gasteiger charge is 2.20. The fourth-order valence-electron chi connectivity index (χ4n) is 2.21. The number of hydrogen-bond donors (Lipinski definition) is 2. The summed E-state index contributed by atoms with van der Waals surface area (Å²) in [4.78, 5) is 2.42. The molecule has 3 nitrogen and oxygen atoms in total. The Kier molecular flexibility index (Phi) is 10.0. The summed E-state index contributed by atoms with van der Waals surface area (Å²) < 4.78 is 1.80. The van der Waals surface area contributed by atoms with Crippen LogP contribution in [0.5, 0.6) is 5.75 Å². The highest BCUT2D eigenvalue weighted by Crippen LogP contribution is 2.32. The van der Waals surface area contributed by atoms with Gasteiger partial charge in [0.2, 0.25) is 0 Å². The minimum atomic E-state index is 0. The van der Waals surface area contributed by atoms with Crippen molar-refractivity contribution < 1.29 is 5.11 Å². The van der Waals surface area contributed by atoms with Crippen molar-refractivity contribution in [1.82, 2.24) is 10.2 Å². The van der Waals surface area contributed by atoms with E-state index in [4.69, 9.17) is 0 Å². The van der Waals surface area contributed by atoms with Crippen molar-refractivity contribution in [3.8, 4) is 5.75 Å². The maximum absolute atomic E-state index is 9.83. The average molecular weight is 543 g/mol. The van der Waals surface area contributed by atoms with E-state index in [1.807, 2.05) is 18.2 Å². The zero-order valence-electron chi connectivity index (χ0n) is 10.8. The second-order valence-corrected chi connectivity index (χ2v) is 6.62. The minimum Gasteiger partial charge on any atom is -0.506 e. The standard InChI is InChI=1S/C13H16I2N2O.2ClH/c1-2-12(17-5-3-16-4-6-17)9-7-10(14)13(18)11(15)8-9;;/h2,7-8,12,16,18H,1,3-6H2;2*1H/t12-;;/m0../s1. The number of aromatic hydroxyl groups is 1. The number of rotatable bonds is 3. The van der Waals surface area contributed by atoms with Gasteiger partial charge in [0.15, 0.2) is 0 Å². The highest BCUT2D eigenvalue weighted by atomic mass is 127. The maximum atomic E-state index is 9.83. The Hall–Kier alpha value is 0.720. The van der Waals surface area contributed by atoms with E-state index in [2.05, 4.69) is 62.0 Å². The lowest BCUT2D eigenvalue weighted by atomic mass is 10.0. The Morgan fingerprint density at radius 2 is 1.70 bits per heavy atom. The molecule has 0 unspecified atom stereocenters. The van der Waals surface area contributed by atoms with Gasteiger partial charge in [-0.25, -0.2) is 0 Å². The van der Waals surface area contributed by atoms with Crippen LogP contribution in [-0.2, 0) is 0 Å². The third-order valence-corrected chi connectivity index (χ3v) is 4.79. The maximum Gasteiger partial charge on any atom is 0.142 e. The van der Waals surface area contributed by atoms with E-state index in [1.54, 1.807) is 0 Å². The zero-order valence-corrected chi connectivity index (χ0v) is 16.8. The lowest BCUT2D eigenvalue weighted by molar-refractivity contribution is 0.203. The van der Waals surface area contributed by atoms with Gasteiger partial charge >= 0.3 is 0 Å². The molecule has 2 N–H and O–H groups in total. The molecule has 2 rings (SSSR count). The Morgan fingerprint density at radius 3 is 2.15 bits per heavy atom. The highest BCUT2D eigenvalue weighted by molar-refractivity contribution is 14.1. The summed E-state index contributed by atoms with van der Waals surface area (Å²) in [5.41, 5.74) is 1.21. The lowest BCUT2D eigenvalue weighted by Crippen LogP contribution is -2.44. The molecule has 1 atom stereocenters. The first-order chi connectivity index (χ1) is 8.63. The van der Waals surface area contributed by atoms with Crippen LogP contribution in [0.4, 0.5) is 0 Å². The van der Waals surface area contributed by atoms with Crippen LogP contribution >= 0.6 is 70.0 Å². The number of phenols is 1. The summed E-state index contributed by atoms with van der Waals surface area (Å²) in [5, 5.41) is 13.2. The van der Waals surface area contributed by atoms with E-state index in [-0.39, 0.29) is 30.9 Å². The van der Waals surface area contributed by atoms with Crippen LogP contribution in [0.15, 0.2) is 24.8 Å². The predicted molar refractivity (Wildman–Crippen MR) is 105 cm³/mol. The Morgan fingerprint density at radius 1 is 1.20 bits per heavy atom. The lowest BCUT2D eigenvalue weighted by Gasteiger charge is -2.33. The van der Waals surface area contributed by atoms with Gasteiger partial charge < -0.3 is 10.4 Å². The summed E-state index contributed by atoms with van der Waals surface area (Å²) in [7, 11) is 0. The van der Waals surface area contributed by atoms with Gasteiger partial charge in [-0.05, 0) is 62.9 Å². The van der Waals surface area contributed by atoms with Gasteiger partial charge in [-0.3, -0.25) is 4.90 Å². The summed E-state index contributed by atoms with van der Waals surface area (Å²) in [5.74, 6) is 0.378. The van der Waals surface area contributed by atoms with E-state index < -0.39 is 0 Å². The van der Waals surface area contributed by atoms with Crippen LogP contribution in [0.2, 0.25) is 0 Å². The number of benzene rings is 1.